The van der Waals surface area contributed by atoms with E-state index in [0.29, 0.717) is 5.95 Å². The summed E-state index contributed by atoms with van der Waals surface area (Å²) >= 11 is 0. The molecule has 2 heterocycles. The molecular weight excluding hydrogens is 252 g/mol. The van der Waals surface area contributed by atoms with Crippen LogP contribution in [0.1, 0.15) is 26.2 Å². The lowest BCUT2D eigenvalue weighted by Crippen LogP contribution is -2.36. The Labute approximate surface area is 118 Å². The quantitative estimate of drug-likeness (QED) is 0.896. The summed E-state index contributed by atoms with van der Waals surface area (Å²) in [5, 5.41) is 6.19. The average Bonchev–Trinajstić information content (AvgIpc) is 3.08. The number of benzene rings is 1. The van der Waals surface area contributed by atoms with Gasteiger partial charge in [0, 0.05) is 6.54 Å². The second kappa shape index (κ2) is 5.63. The number of amides is 1. The lowest BCUT2D eigenvalue weighted by Gasteiger charge is -2.12. The molecule has 0 aliphatic carbocycles. The number of fused-ring (bicyclic) bond motifs is 1. The van der Waals surface area contributed by atoms with Gasteiger partial charge in [-0.1, -0.05) is 19.1 Å². The molecule has 3 rings (SSSR count). The number of carbonyl (C=O) groups is 1. The number of hydrogen-bond acceptors (Lipinski definition) is 3. The first kappa shape index (κ1) is 13.1. The van der Waals surface area contributed by atoms with Gasteiger partial charge in [-0.05, 0) is 37.9 Å². The zero-order chi connectivity index (χ0) is 13.9. The maximum absolute atomic E-state index is 12.2. The summed E-state index contributed by atoms with van der Waals surface area (Å²) in [4.78, 5) is 16.8. The first-order chi connectivity index (χ1) is 9.79. The molecular formula is C15H20N4O. The standard InChI is InChI=1S/C15H20N4O/c1-2-10-19-13-8-4-3-6-11(13)17-15(19)18-14(20)12-7-5-9-16-12/h3-4,6,8,12,16H,2,5,7,9-10H2,1H3,(H,17,18,20)/t12-/m0/s1. The smallest absolute Gasteiger partial charge is 0.243 e. The summed E-state index contributed by atoms with van der Waals surface area (Å²) in [6.45, 7) is 3.90. The number of rotatable bonds is 4. The van der Waals surface area contributed by atoms with Gasteiger partial charge in [0.2, 0.25) is 11.9 Å². The Kier molecular flexibility index (Phi) is 3.69. The highest BCUT2D eigenvalue weighted by atomic mass is 16.2. The lowest BCUT2D eigenvalue weighted by atomic mass is 10.2. The van der Waals surface area contributed by atoms with Gasteiger partial charge in [-0.2, -0.15) is 0 Å². The van der Waals surface area contributed by atoms with Gasteiger partial charge in [-0.3, -0.25) is 10.1 Å². The Bertz CT molecular complexity index is 613. The van der Waals surface area contributed by atoms with Crippen LogP contribution in [0.3, 0.4) is 0 Å². The van der Waals surface area contributed by atoms with Gasteiger partial charge in [0.1, 0.15) is 0 Å². The third-order valence-electron chi connectivity index (χ3n) is 3.71. The van der Waals surface area contributed by atoms with Gasteiger partial charge in [0.15, 0.2) is 0 Å². The van der Waals surface area contributed by atoms with Crippen molar-refractivity contribution in [3.63, 3.8) is 0 Å². The molecule has 0 saturated carbocycles. The monoisotopic (exact) mass is 272 g/mol. The summed E-state index contributed by atoms with van der Waals surface area (Å²) in [6, 6.07) is 7.91. The number of aryl methyl sites for hydroxylation is 1. The van der Waals surface area contributed by atoms with E-state index in [1.165, 1.54) is 0 Å². The van der Waals surface area contributed by atoms with E-state index in [9.17, 15) is 4.79 Å². The van der Waals surface area contributed by atoms with Crippen LogP contribution >= 0.6 is 0 Å². The molecule has 1 atom stereocenters. The molecule has 106 valence electrons. The Morgan fingerprint density at radius 3 is 3.10 bits per heavy atom. The molecule has 1 aliphatic rings. The summed E-state index contributed by atoms with van der Waals surface area (Å²) in [6.07, 6.45) is 2.97. The minimum Gasteiger partial charge on any atom is -0.310 e. The van der Waals surface area contributed by atoms with Gasteiger partial charge >= 0.3 is 0 Å². The third kappa shape index (κ3) is 2.41. The van der Waals surface area contributed by atoms with Crippen LogP contribution in [0.4, 0.5) is 5.95 Å². The number of aromatic nitrogens is 2. The van der Waals surface area contributed by atoms with Gasteiger partial charge < -0.3 is 9.88 Å². The predicted octanol–water partition coefficient (Wildman–Crippen LogP) is 2.14. The van der Waals surface area contributed by atoms with E-state index in [4.69, 9.17) is 0 Å². The highest BCUT2D eigenvalue weighted by molar-refractivity contribution is 5.95. The van der Waals surface area contributed by atoms with Crippen molar-refractivity contribution >= 4 is 22.9 Å². The second-order valence-corrected chi connectivity index (χ2v) is 5.21. The zero-order valence-electron chi connectivity index (χ0n) is 11.7. The van der Waals surface area contributed by atoms with Crippen LogP contribution in [0.2, 0.25) is 0 Å². The predicted molar refractivity (Wildman–Crippen MR) is 79.7 cm³/mol. The summed E-state index contributed by atoms with van der Waals surface area (Å²) in [5.41, 5.74) is 2.00. The van der Waals surface area contributed by atoms with Crippen molar-refractivity contribution in [3.8, 4) is 0 Å². The van der Waals surface area contributed by atoms with Crippen LogP contribution in [0.5, 0.6) is 0 Å². The summed E-state index contributed by atoms with van der Waals surface area (Å²) in [7, 11) is 0. The number of para-hydroxylation sites is 2. The van der Waals surface area contributed by atoms with E-state index in [1.54, 1.807) is 0 Å². The molecule has 1 aliphatic heterocycles. The molecule has 0 bridgehead atoms. The molecule has 1 amide bonds. The van der Waals surface area contributed by atoms with E-state index < -0.39 is 0 Å². The van der Waals surface area contributed by atoms with Crippen molar-refractivity contribution in [2.45, 2.75) is 38.8 Å². The number of anilines is 1. The van der Waals surface area contributed by atoms with E-state index >= 15 is 0 Å². The third-order valence-corrected chi connectivity index (χ3v) is 3.71. The van der Waals surface area contributed by atoms with Crippen LogP contribution in [-0.2, 0) is 11.3 Å². The van der Waals surface area contributed by atoms with Gasteiger partial charge in [-0.15, -0.1) is 0 Å². The van der Waals surface area contributed by atoms with Crippen molar-refractivity contribution in [2.75, 3.05) is 11.9 Å². The highest BCUT2D eigenvalue weighted by Crippen LogP contribution is 2.20. The minimum absolute atomic E-state index is 0.0233. The van der Waals surface area contributed by atoms with Crippen molar-refractivity contribution in [3.05, 3.63) is 24.3 Å². The molecule has 0 spiro atoms. The number of hydrogen-bond donors (Lipinski definition) is 2. The van der Waals surface area contributed by atoms with Gasteiger partial charge in [-0.25, -0.2) is 4.98 Å². The molecule has 2 N–H and O–H groups in total. The number of carbonyl (C=O) groups excluding carboxylic acids is 1. The molecule has 0 unspecified atom stereocenters. The Hall–Kier alpha value is -1.88. The molecule has 1 aromatic carbocycles. The van der Waals surface area contributed by atoms with Crippen molar-refractivity contribution in [2.24, 2.45) is 0 Å². The lowest BCUT2D eigenvalue weighted by molar-refractivity contribution is -0.117. The first-order valence-electron chi connectivity index (χ1n) is 7.29. The van der Waals surface area contributed by atoms with Crippen LogP contribution in [0.15, 0.2) is 24.3 Å². The van der Waals surface area contributed by atoms with E-state index in [-0.39, 0.29) is 11.9 Å². The minimum atomic E-state index is -0.0788. The molecule has 20 heavy (non-hydrogen) atoms. The maximum Gasteiger partial charge on any atom is 0.243 e. The normalized spacial score (nSPS) is 18.6. The summed E-state index contributed by atoms with van der Waals surface area (Å²) < 4.78 is 2.09. The molecule has 1 aromatic heterocycles. The van der Waals surface area contributed by atoms with Gasteiger partial charge in [0.05, 0.1) is 17.1 Å². The summed E-state index contributed by atoms with van der Waals surface area (Å²) in [5.74, 6) is 0.682. The zero-order valence-corrected chi connectivity index (χ0v) is 11.7. The topological polar surface area (TPSA) is 59.0 Å². The fourth-order valence-electron chi connectivity index (χ4n) is 2.73. The number of nitrogens with one attached hydrogen (secondary N) is 2. The fraction of sp³-hybridized carbons (Fsp3) is 0.467. The van der Waals surface area contributed by atoms with E-state index in [2.05, 4.69) is 27.1 Å². The fourth-order valence-corrected chi connectivity index (χ4v) is 2.73. The largest absolute Gasteiger partial charge is 0.310 e. The number of imidazole rings is 1. The SMILES string of the molecule is CCCn1c(NC(=O)[C@@H]2CCCN2)nc2ccccc21. The average molecular weight is 272 g/mol. The molecule has 1 saturated heterocycles. The van der Waals surface area contributed by atoms with Crippen LogP contribution < -0.4 is 10.6 Å². The van der Waals surface area contributed by atoms with Crippen LogP contribution in [-0.4, -0.2) is 28.0 Å². The molecule has 5 nitrogen and oxygen atoms in total. The molecule has 1 fully saturated rings. The number of nitrogens with zero attached hydrogens (tertiary/aromatic N) is 2. The molecule has 5 heteroatoms. The van der Waals surface area contributed by atoms with Crippen molar-refractivity contribution in [1.82, 2.24) is 14.9 Å². The second-order valence-electron chi connectivity index (χ2n) is 5.21. The van der Waals surface area contributed by atoms with Gasteiger partial charge in [0.25, 0.3) is 0 Å². The van der Waals surface area contributed by atoms with E-state index in [0.717, 1.165) is 43.4 Å². The Balaban J connectivity index is 1.89. The van der Waals surface area contributed by atoms with Crippen LogP contribution in [0, 0.1) is 0 Å². The molecule has 0 radical (unpaired) electrons. The Morgan fingerprint density at radius 1 is 1.50 bits per heavy atom. The maximum atomic E-state index is 12.2. The van der Waals surface area contributed by atoms with E-state index in [1.807, 2.05) is 24.3 Å². The van der Waals surface area contributed by atoms with Crippen LogP contribution in [0.25, 0.3) is 11.0 Å². The Morgan fingerprint density at radius 2 is 2.35 bits per heavy atom. The van der Waals surface area contributed by atoms with Crippen molar-refractivity contribution < 1.29 is 4.79 Å². The molecule has 2 aromatic rings. The first-order valence-corrected chi connectivity index (χ1v) is 7.29. The van der Waals surface area contributed by atoms with Crippen molar-refractivity contribution in [1.29, 1.82) is 0 Å². The highest BCUT2D eigenvalue weighted by Gasteiger charge is 2.23.